The molecule has 3 fully saturated rings. The average molecular weight is 773 g/mol. The maximum Gasteiger partial charge on any atom is 0.326 e. The molecule has 4 N–H and O–H groups in total. The second kappa shape index (κ2) is 15.0. The SMILES string of the molecule is CN1CCC(N2CCN(C(=O)[C@@H](Cc3cc(Br)c(N)c(Br)c3)NC(=O)N3CCC(n4cc(-c5ccccc5)[nH]c4=O)CC3)CC2)CC1. The largest absolute Gasteiger partial charge is 0.397 e. The Hall–Kier alpha value is -3.13. The van der Waals surface area contributed by atoms with Gasteiger partial charge in [0.1, 0.15) is 6.04 Å². The molecule has 0 saturated carbocycles. The lowest BCUT2D eigenvalue weighted by Gasteiger charge is -2.43. The first-order chi connectivity index (χ1) is 22.7. The summed E-state index contributed by atoms with van der Waals surface area (Å²) < 4.78 is 3.23. The van der Waals surface area contributed by atoms with Gasteiger partial charge in [0.2, 0.25) is 5.91 Å². The highest BCUT2D eigenvalue weighted by atomic mass is 79.9. The number of nitrogens with zero attached hydrogens (tertiary/aromatic N) is 5. The monoisotopic (exact) mass is 770 g/mol. The smallest absolute Gasteiger partial charge is 0.326 e. The normalized spacial score (nSPS) is 19.6. The van der Waals surface area contributed by atoms with Crippen molar-refractivity contribution in [2.45, 2.75) is 50.2 Å². The van der Waals surface area contributed by atoms with Crippen LogP contribution in [0.1, 0.15) is 37.3 Å². The first kappa shape index (κ1) is 33.8. The second-order valence-corrected chi connectivity index (χ2v) is 14.7. The number of imidazole rings is 1. The Morgan fingerprint density at radius 3 is 2.15 bits per heavy atom. The molecule has 11 nitrogen and oxygen atoms in total. The molecule has 3 aliphatic rings. The molecular weight excluding hydrogens is 728 g/mol. The summed E-state index contributed by atoms with van der Waals surface area (Å²) in [5, 5.41) is 3.10. The van der Waals surface area contributed by atoms with E-state index < -0.39 is 6.04 Å². The summed E-state index contributed by atoms with van der Waals surface area (Å²) in [6.07, 6.45) is 5.83. The molecule has 4 heterocycles. The van der Waals surface area contributed by atoms with Crippen molar-refractivity contribution in [1.29, 1.82) is 0 Å². The number of anilines is 1. The van der Waals surface area contributed by atoms with E-state index in [2.05, 4.69) is 59.0 Å². The minimum absolute atomic E-state index is 0.0111. The highest BCUT2D eigenvalue weighted by Crippen LogP contribution is 2.30. The van der Waals surface area contributed by atoms with E-state index in [0.717, 1.165) is 64.8 Å². The summed E-state index contributed by atoms with van der Waals surface area (Å²) in [7, 11) is 2.17. The first-order valence-electron chi connectivity index (χ1n) is 16.5. The molecule has 0 aliphatic carbocycles. The Labute approximate surface area is 292 Å². The van der Waals surface area contributed by atoms with Gasteiger partial charge in [-0.05, 0) is 101 Å². The average Bonchev–Trinajstić information content (AvgIpc) is 3.48. The van der Waals surface area contributed by atoms with Crippen LogP contribution in [0.3, 0.4) is 0 Å². The van der Waals surface area contributed by atoms with Gasteiger partial charge in [0, 0.05) is 72.9 Å². The number of nitrogen functional groups attached to an aromatic ring is 1. The van der Waals surface area contributed by atoms with Gasteiger partial charge in [-0.25, -0.2) is 9.59 Å². The summed E-state index contributed by atoms with van der Waals surface area (Å²) in [5.41, 5.74) is 9.21. The zero-order valence-electron chi connectivity index (χ0n) is 26.8. The van der Waals surface area contributed by atoms with Gasteiger partial charge >= 0.3 is 11.7 Å². The zero-order chi connectivity index (χ0) is 33.1. The summed E-state index contributed by atoms with van der Waals surface area (Å²) in [6.45, 7) is 6.18. The third-order valence-corrected chi connectivity index (χ3v) is 11.3. The zero-order valence-corrected chi connectivity index (χ0v) is 30.0. The molecule has 1 aromatic heterocycles. The van der Waals surface area contributed by atoms with E-state index in [9.17, 15) is 14.4 Å². The minimum Gasteiger partial charge on any atom is -0.397 e. The van der Waals surface area contributed by atoms with Crippen molar-refractivity contribution in [2.24, 2.45) is 0 Å². The number of carbonyl (C=O) groups excluding carboxylic acids is 2. The van der Waals surface area contributed by atoms with Gasteiger partial charge in [-0.15, -0.1) is 0 Å². The molecule has 0 radical (unpaired) electrons. The van der Waals surface area contributed by atoms with Crippen molar-refractivity contribution in [2.75, 3.05) is 65.1 Å². The van der Waals surface area contributed by atoms with Gasteiger partial charge in [0.25, 0.3) is 0 Å². The Morgan fingerprint density at radius 2 is 1.51 bits per heavy atom. The number of benzene rings is 2. The van der Waals surface area contributed by atoms with Gasteiger partial charge in [0.15, 0.2) is 0 Å². The van der Waals surface area contributed by atoms with Crippen LogP contribution in [0.15, 0.2) is 62.4 Å². The lowest BCUT2D eigenvalue weighted by atomic mass is 10.0. The lowest BCUT2D eigenvalue weighted by Crippen LogP contribution is -2.59. The summed E-state index contributed by atoms with van der Waals surface area (Å²) in [4.78, 5) is 52.1. The van der Waals surface area contributed by atoms with E-state index in [-0.39, 0.29) is 23.7 Å². The Balaban J connectivity index is 1.10. The maximum atomic E-state index is 14.1. The predicted molar refractivity (Wildman–Crippen MR) is 191 cm³/mol. The molecular formula is C34H44Br2N8O3. The molecule has 252 valence electrons. The van der Waals surface area contributed by atoms with Crippen molar-refractivity contribution in [1.82, 2.24) is 34.5 Å². The van der Waals surface area contributed by atoms with Crippen LogP contribution in [0, 0.1) is 0 Å². The van der Waals surface area contributed by atoms with Gasteiger partial charge in [-0.2, -0.15) is 0 Å². The standard InChI is InChI=1S/C34H44Br2N8O3/c1-40-11-7-25(8-12-40)41-15-17-42(18-16-41)32(45)29(21-23-19-27(35)31(37)28(36)20-23)38-33(46)43-13-9-26(10-14-43)44-22-30(39-34(44)47)24-5-3-2-4-6-24/h2-6,19-20,22,25-26,29H,7-18,21,37H2,1H3,(H,38,46)(H,39,47)/t29-/m1/s1. The molecule has 6 rings (SSSR count). The van der Waals surface area contributed by atoms with Crippen molar-refractivity contribution in [3.63, 3.8) is 0 Å². The third-order valence-electron chi connectivity index (χ3n) is 9.98. The van der Waals surface area contributed by atoms with E-state index in [1.165, 1.54) is 0 Å². The first-order valence-corrected chi connectivity index (χ1v) is 18.1. The van der Waals surface area contributed by atoms with Gasteiger partial charge in [0.05, 0.1) is 11.4 Å². The van der Waals surface area contributed by atoms with Crippen LogP contribution < -0.4 is 16.7 Å². The molecule has 3 saturated heterocycles. The molecule has 3 aromatic rings. The molecule has 1 atom stereocenters. The van der Waals surface area contributed by atoms with Crippen LogP contribution in [-0.2, 0) is 11.2 Å². The number of halogens is 2. The number of piperazine rings is 1. The number of H-pyrrole nitrogens is 1. The van der Waals surface area contributed by atoms with Crippen LogP contribution in [0.4, 0.5) is 10.5 Å². The number of likely N-dealkylation sites (tertiary alicyclic amines) is 2. The van der Waals surface area contributed by atoms with E-state index in [1.807, 2.05) is 53.6 Å². The number of aromatic nitrogens is 2. The molecule has 0 bridgehead atoms. The van der Waals surface area contributed by atoms with Gasteiger partial charge in [-0.1, -0.05) is 30.3 Å². The minimum atomic E-state index is -0.724. The van der Waals surface area contributed by atoms with Crippen LogP contribution in [0.25, 0.3) is 11.3 Å². The number of amides is 3. The Bertz CT molecular complexity index is 1580. The predicted octanol–water partition coefficient (Wildman–Crippen LogP) is 4.15. The van der Waals surface area contributed by atoms with Crippen molar-refractivity contribution < 1.29 is 9.59 Å². The molecule has 13 heteroatoms. The Morgan fingerprint density at radius 1 is 0.894 bits per heavy atom. The molecule has 47 heavy (non-hydrogen) atoms. The fourth-order valence-corrected chi connectivity index (χ4v) is 8.39. The highest BCUT2D eigenvalue weighted by molar-refractivity contribution is 9.11. The summed E-state index contributed by atoms with van der Waals surface area (Å²) in [6, 6.07) is 13.2. The Kier molecular flexibility index (Phi) is 10.7. The molecule has 3 amide bonds. The number of carbonyl (C=O) groups is 2. The van der Waals surface area contributed by atoms with Crippen LogP contribution in [-0.4, -0.2) is 113 Å². The molecule has 2 aromatic carbocycles. The number of urea groups is 1. The lowest BCUT2D eigenvalue weighted by molar-refractivity contribution is -0.135. The van der Waals surface area contributed by atoms with Crippen molar-refractivity contribution in [3.05, 3.63) is 73.7 Å². The third kappa shape index (κ3) is 7.96. The highest BCUT2D eigenvalue weighted by Gasteiger charge is 2.34. The van der Waals surface area contributed by atoms with Crippen molar-refractivity contribution in [3.8, 4) is 11.3 Å². The number of nitrogens with one attached hydrogen (secondary N) is 2. The molecule has 0 unspecified atom stereocenters. The number of hydrogen-bond acceptors (Lipinski definition) is 6. The van der Waals surface area contributed by atoms with E-state index >= 15 is 0 Å². The topological polar surface area (TPSA) is 123 Å². The van der Waals surface area contributed by atoms with Crippen LogP contribution in [0.5, 0.6) is 0 Å². The summed E-state index contributed by atoms with van der Waals surface area (Å²) in [5.74, 6) is -0.0624. The number of piperidine rings is 2. The number of hydrogen-bond donors (Lipinski definition) is 3. The van der Waals surface area contributed by atoms with E-state index in [1.54, 1.807) is 9.47 Å². The van der Waals surface area contributed by atoms with Crippen molar-refractivity contribution >= 4 is 49.5 Å². The fourth-order valence-electron chi connectivity index (χ4n) is 7.11. The quantitative estimate of drug-likeness (QED) is 0.311. The van der Waals surface area contributed by atoms with Crippen LogP contribution >= 0.6 is 31.9 Å². The number of aromatic amines is 1. The summed E-state index contributed by atoms with van der Waals surface area (Å²) >= 11 is 7.05. The van der Waals surface area contributed by atoms with Gasteiger partial charge < -0.3 is 30.7 Å². The van der Waals surface area contributed by atoms with E-state index in [0.29, 0.717) is 57.2 Å². The number of nitrogens with two attached hydrogens (primary N) is 1. The molecule has 0 spiro atoms. The van der Waals surface area contributed by atoms with Gasteiger partial charge in [-0.3, -0.25) is 14.3 Å². The fraction of sp³-hybridized carbons (Fsp3) is 0.500. The number of rotatable bonds is 7. The second-order valence-electron chi connectivity index (χ2n) is 13.0. The maximum absolute atomic E-state index is 14.1. The van der Waals surface area contributed by atoms with E-state index in [4.69, 9.17) is 5.73 Å². The molecule has 3 aliphatic heterocycles. The van der Waals surface area contributed by atoms with Crippen LogP contribution in [0.2, 0.25) is 0 Å².